The zero-order valence-electron chi connectivity index (χ0n) is 15.1. The second-order valence-electron chi connectivity index (χ2n) is 8.67. The van der Waals surface area contributed by atoms with Crippen LogP contribution in [0, 0.1) is 17.3 Å². The van der Waals surface area contributed by atoms with Crippen molar-refractivity contribution >= 4 is 13.2 Å². The number of amides is 1. The zero-order chi connectivity index (χ0) is 17.8. The average molecular weight is 343 g/mol. The minimum Gasteiger partial charge on any atom is -0.465 e. The van der Waals surface area contributed by atoms with Gasteiger partial charge in [-0.15, -0.1) is 0 Å². The number of rotatable bonds is 4. The van der Waals surface area contributed by atoms with Crippen molar-refractivity contribution in [3.05, 3.63) is 35.9 Å². The highest BCUT2D eigenvalue weighted by Crippen LogP contribution is 2.64. The van der Waals surface area contributed by atoms with Gasteiger partial charge in [0.1, 0.15) is 0 Å². The lowest BCUT2D eigenvalue weighted by molar-refractivity contribution is -0.185. The van der Waals surface area contributed by atoms with Crippen molar-refractivity contribution in [2.24, 2.45) is 17.3 Å². The Morgan fingerprint density at radius 2 is 2.08 bits per heavy atom. The molecule has 25 heavy (non-hydrogen) atoms. The van der Waals surface area contributed by atoms with Crippen LogP contribution in [-0.4, -0.2) is 36.0 Å². The lowest BCUT2D eigenvalue weighted by Gasteiger charge is -2.63. The molecule has 1 aromatic rings. The monoisotopic (exact) mass is 343 g/mol. The maximum Gasteiger partial charge on any atom is 0.482 e. The van der Waals surface area contributed by atoms with Crippen LogP contribution in [0.5, 0.6) is 0 Å². The molecule has 1 aromatic carbocycles. The van der Waals surface area contributed by atoms with Crippen molar-refractivity contribution in [2.75, 3.05) is 0 Å². The second-order valence-corrected chi connectivity index (χ2v) is 8.67. The molecule has 0 radical (unpaired) electrons. The molecule has 1 amide bonds. The Morgan fingerprint density at radius 3 is 2.72 bits per heavy atom. The molecule has 2 N–H and O–H groups in total. The van der Waals surface area contributed by atoms with Gasteiger partial charge < -0.3 is 19.7 Å². The molecule has 6 heteroatoms. The SMILES string of the molecule is CC1(C)[C@H]2C[C@@H]1[C@@H]1OB(C(Cc3ccccc3)NC(=O)O)O[C@]1(C)C2. The Morgan fingerprint density at radius 1 is 1.36 bits per heavy atom. The van der Waals surface area contributed by atoms with Gasteiger partial charge in [0.05, 0.1) is 17.6 Å². The summed E-state index contributed by atoms with van der Waals surface area (Å²) in [5.74, 6) is 0.743. The van der Waals surface area contributed by atoms with Crippen LogP contribution in [0.3, 0.4) is 0 Å². The topological polar surface area (TPSA) is 67.8 Å². The fourth-order valence-corrected chi connectivity index (χ4v) is 5.16. The van der Waals surface area contributed by atoms with Gasteiger partial charge in [0.25, 0.3) is 0 Å². The molecule has 5 nitrogen and oxygen atoms in total. The van der Waals surface area contributed by atoms with Crippen LogP contribution < -0.4 is 5.32 Å². The van der Waals surface area contributed by atoms with Crippen LogP contribution in [-0.2, 0) is 15.7 Å². The van der Waals surface area contributed by atoms with E-state index in [1.807, 2.05) is 30.3 Å². The Balaban J connectivity index is 1.54. The predicted octanol–water partition coefficient (Wildman–Crippen LogP) is 3.13. The average Bonchev–Trinajstić information content (AvgIpc) is 2.92. The van der Waals surface area contributed by atoms with Gasteiger partial charge in [-0.05, 0) is 49.0 Å². The first-order chi connectivity index (χ1) is 11.8. The third-order valence-electron chi connectivity index (χ3n) is 6.77. The Bertz CT molecular complexity index is 667. The number of carboxylic acid groups (broad SMARTS) is 1. The summed E-state index contributed by atoms with van der Waals surface area (Å²) in [4.78, 5) is 11.3. The molecule has 1 heterocycles. The summed E-state index contributed by atoms with van der Waals surface area (Å²) in [6, 6.07) is 9.88. The number of hydrogen-bond donors (Lipinski definition) is 2. The first kappa shape index (κ1) is 16.9. The maximum absolute atomic E-state index is 11.3. The summed E-state index contributed by atoms with van der Waals surface area (Å²) in [7, 11) is -0.540. The van der Waals surface area contributed by atoms with Crippen molar-refractivity contribution in [1.29, 1.82) is 0 Å². The summed E-state index contributed by atoms with van der Waals surface area (Å²) >= 11 is 0. The van der Waals surface area contributed by atoms with Gasteiger partial charge in [0.2, 0.25) is 0 Å². The van der Waals surface area contributed by atoms with Gasteiger partial charge >= 0.3 is 13.2 Å². The van der Waals surface area contributed by atoms with E-state index < -0.39 is 19.2 Å². The highest BCUT2D eigenvalue weighted by molar-refractivity contribution is 6.47. The van der Waals surface area contributed by atoms with Crippen LogP contribution in [0.25, 0.3) is 0 Å². The van der Waals surface area contributed by atoms with Gasteiger partial charge in [-0.3, -0.25) is 0 Å². The molecule has 0 aromatic heterocycles. The molecule has 3 aliphatic carbocycles. The van der Waals surface area contributed by atoms with Crippen LogP contribution in [0.2, 0.25) is 0 Å². The number of benzene rings is 1. The van der Waals surface area contributed by atoms with E-state index in [4.69, 9.17) is 9.31 Å². The molecule has 3 saturated carbocycles. The Labute approximate surface area is 149 Å². The Kier molecular flexibility index (Phi) is 3.89. The molecule has 1 saturated heterocycles. The van der Waals surface area contributed by atoms with Crippen molar-refractivity contribution in [1.82, 2.24) is 5.32 Å². The van der Waals surface area contributed by atoms with Gasteiger partial charge in [0, 0.05) is 0 Å². The van der Waals surface area contributed by atoms with Crippen molar-refractivity contribution < 1.29 is 19.2 Å². The largest absolute Gasteiger partial charge is 0.482 e. The second kappa shape index (κ2) is 5.75. The van der Waals surface area contributed by atoms with E-state index in [1.165, 1.54) is 6.42 Å². The van der Waals surface area contributed by atoms with E-state index >= 15 is 0 Å². The van der Waals surface area contributed by atoms with E-state index in [2.05, 4.69) is 26.1 Å². The molecule has 1 aliphatic heterocycles. The first-order valence-electron chi connectivity index (χ1n) is 9.16. The summed E-state index contributed by atoms with van der Waals surface area (Å²) in [6.45, 7) is 6.77. The van der Waals surface area contributed by atoms with Gasteiger partial charge in [-0.25, -0.2) is 4.79 Å². The Hall–Kier alpha value is -1.53. The lowest BCUT2D eigenvalue weighted by atomic mass is 9.45. The molecule has 5 atom stereocenters. The minimum atomic E-state index is -1.04. The summed E-state index contributed by atoms with van der Waals surface area (Å²) in [6.07, 6.45) is 1.74. The van der Waals surface area contributed by atoms with E-state index in [0.717, 1.165) is 12.0 Å². The van der Waals surface area contributed by atoms with Crippen LogP contribution >= 0.6 is 0 Å². The van der Waals surface area contributed by atoms with Gasteiger partial charge in [0.15, 0.2) is 0 Å². The summed E-state index contributed by atoms with van der Waals surface area (Å²) in [5.41, 5.74) is 1.05. The first-order valence-corrected chi connectivity index (χ1v) is 9.16. The number of hydrogen-bond acceptors (Lipinski definition) is 3. The smallest absolute Gasteiger partial charge is 0.465 e. The van der Waals surface area contributed by atoms with E-state index in [9.17, 15) is 9.90 Å². The fraction of sp³-hybridized carbons (Fsp3) is 0.632. The van der Waals surface area contributed by atoms with Gasteiger partial charge in [-0.2, -0.15) is 0 Å². The predicted molar refractivity (Wildman–Crippen MR) is 95.2 cm³/mol. The molecule has 1 unspecified atom stereocenters. The molecular weight excluding hydrogens is 317 g/mol. The third kappa shape index (κ3) is 2.76. The van der Waals surface area contributed by atoms with E-state index in [-0.39, 0.29) is 17.1 Å². The van der Waals surface area contributed by atoms with E-state index in [0.29, 0.717) is 18.3 Å². The third-order valence-corrected chi connectivity index (χ3v) is 6.77. The molecule has 4 aliphatic rings. The van der Waals surface area contributed by atoms with Crippen molar-refractivity contribution in [3.63, 3.8) is 0 Å². The van der Waals surface area contributed by atoms with Crippen molar-refractivity contribution in [3.8, 4) is 0 Å². The summed E-state index contributed by atoms with van der Waals surface area (Å²) < 4.78 is 12.7. The highest BCUT2D eigenvalue weighted by Gasteiger charge is 2.67. The molecule has 4 fully saturated rings. The normalized spacial score (nSPS) is 36.3. The van der Waals surface area contributed by atoms with Gasteiger partial charge in [-0.1, -0.05) is 44.2 Å². The number of carbonyl (C=O) groups is 1. The molecule has 2 bridgehead atoms. The lowest BCUT2D eigenvalue weighted by Crippen LogP contribution is -2.63. The highest BCUT2D eigenvalue weighted by atomic mass is 16.7. The standard InChI is InChI=1S/C19H26BNO4/c1-18(2)13-10-14(18)16-19(3,11-13)25-20(24-16)15(21-17(22)23)9-12-7-5-4-6-8-12/h4-8,13-16,21H,9-11H2,1-3H3,(H,22,23)/t13-,14+,15?,16-,19+/m0/s1. The molecule has 0 spiro atoms. The van der Waals surface area contributed by atoms with Crippen LogP contribution in [0.15, 0.2) is 30.3 Å². The van der Waals surface area contributed by atoms with Crippen molar-refractivity contribution in [2.45, 2.75) is 57.7 Å². The van der Waals surface area contributed by atoms with Crippen LogP contribution in [0.4, 0.5) is 4.79 Å². The van der Waals surface area contributed by atoms with Crippen LogP contribution in [0.1, 0.15) is 39.2 Å². The zero-order valence-corrected chi connectivity index (χ0v) is 15.1. The molecule has 5 rings (SSSR count). The minimum absolute atomic E-state index is 0.0476. The van der Waals surface area contributed by atoms with E-state index in [1.54, 1.807) is 0 Å². The maximum atomic E-state index is 11.3. The number of nitrogens with one attached hydrogen (secondary N) is 1. The fourth-order valence-electron chi connectivity index (χ4n) is 5.16. The molecule has 134 valence electrons. The quantitative estimate of drug-likeness (QED) is 0.825. The molecular formula is C19H26BNO4. The summed E-state index contributed by atoms with van der Waals surface area (Å²) in [5, 5.41) is 11.9.